The number of carbonyl (C=O) groups excluding carboxylic acids is 1. The monoisotopic (exact) mass is 564 g/mol. The standard InChI is InChI=1S/C30H32N2O5S2/c1-19-16-21-6-5-7-25(26-18-38-20(2)31-26)24(21)10-9-23(19)29(33)32-39(34,35)28-17-22(8-11-27(28)36-4)30(3)12-14-37-15-13-30/h5-11,17-18,23H,1,12-16H2,2-4H3,(H,32,33). The number of thiazole rings is 1. The molecule has 39 heavy (non-hydrogen) atoms. The van der Waals surface area contributed by atoms with E-state index < -0.39 is 21.8 Å². The van der Waals surface area contributed by atoms with Gasteiger partial charge in [-0.15, -0.1) is 11.3 Å². The third-order valence-corrected chi connectivity index (χ3v) is 9.81. The zero-order valence-electron chi connectivity index (χ0n) is 22.3. The first-order chi connectivity index (χ1) is 18.6. The molecule has 1 aliphatic carbocycles. The summed E-state index contributed by atoms with van der Waals surface area (Å²) in [6.45, 7) is 9.44. The minimum atomic E-state index is -4.23. The van der Waals surface area contributed by atoms with Crippen molar-refractivity contribution in [3.05, 3.63) is 81.7 Å². The average molecular weight is 565 g/mol. The molecule has 0 spiro atoms. The van der Waals surface area contributed by atoms with E-state index in [1.807, 2.05) is 42.6 Å². The van der Waals surface area contributed by atoms with Crippen molar-refractivity contribution >= 4 is 33.3 Å². The van der Waals surface area contributed by atoms with Crippen molar-refractivity contribution in [3.8, 4) is 17.0 Å². The molecular formula is C30H32N2O5S2. The third kappa shape index (κ3) is 5.44. The minimum absolute atomic E-state index is 0.0590. The lowest BCUT2D eigenvalue weighted by Gasteiger charge is -2.34. The number of amides is 1. The van der Waals surface area contributed by atoms with E-state index in [1.54, 1.807) is 29.5 Å². The Morgan fingerprint density at radius 2 is 2.00 bits per heavy atom. The lowest BCUT2D eigenvalue weighted by molar-refractivity contribution is -0.120. The molecular weight excluding hydrogens is 532 g/mol. The summed E-state index contributed by atoms with van der Waals surface area (Å²) >= 11 is 1.58. The number of aromatic nitrogens is 1. The largest absolute Gasteiger partial charge is 0.495 e. The van der Waals surface area contributed by atoms with Crippen molar-refractivity contribution in [2.45, 2.75) is 43.4 Å². The van der Waals surface area contributed by atoms with Gasteiger partial charge in [0.05, 0.1) is 23.7 Å². The molecule has 1 fully saturated rings. The number of fused-ring (bicyclic) bond motifs is 1. The summed E-state index contributed by atoms with van der Waals surface area (Å²) < 4.78 is 40.3. The maximum atomic E-state index is 13.6. The summed E-state index contributed by atoms with van der Waals surface area (Å²) in [5.74, 6) is -1.29. The molecule has 1 saturated heterocycles. The van der Waals surface area contributed by atoms with Gasteiger partial charge in [0.2, 0.25) is 5.91 Å². The maximum Gasteiger partial charge on any atom is 0.267 e. The van der Waals surface area contributed by atoms with Gasteiger partial charge in [0, 0.05) is 24.2 Å². The molecule has 2 heterocycles. The Bertz CT molecular complexity index is 1570. The molecule has 0 radical (unpaired) electrons. The van der Waals surface area contributed by atoms with Gasteiger partial charge in [0.1, 0.15) is 10.6 Å². The highest BCUT2D eigenvalue weighted by atomic mass is 32.2. The molecule has 5 rings (SSSR count). The fraction of sp³-hybridized carbons (Fsp3) is 0.333. The third-order valence-electron chi connectivity index (χ3n) is 7.67. The molecule has 1 aromatic heterocycles. The van der Waals surface area contributed by atoms with E-state index in [0.29, 0.717) is 25.2 Å². The normalized spacial score (nSPS) is 18.7. The van der Waals surface area contributed by atoms with E-state index in [-0.39, 0.29) is 16.1 Å². The Morgan fingerprint density at radius 1 is 1.23 bits per heavy atom. The van der Waals surface area contributed by atoms with Crippen molar-refractivity contribution in [2.24, 2.45) is 5.92 Å². The second kappa shape index (κ2) is 10.7. The van der Waals surface area contributed by atoms with Crippen LogP contribution in [0, 0.1) is 12.8 Å². The summed E-state index contributed by atoms with van der Waals surface area (Å²) in [4.78, 5) is 18.0. The Hall–Kier alpha value is -3.27. The number of carbonyl (C=O) groups is 1. The van der Waals surface area contributed by atoms with Crippen molar-refractivity contribution in [3.63, 3.8) is 0 Å². The van der Waals surface area contributed by atoms with Gasteiger partial charge in [-0.2, -0.15) is 0 Å². The van der Waals surface area contributed by atoms with Gasteiger partial charge < -0.3 is 9.47 Å². The Labute approximate surface area is 233 Å². The number of nitrogens with zero attached hydrogens (tertiary/aromatic N) is 1. The molecule has 7 nitrogen and oxygen atoms in total. The van der Waals surface area contributed by atoms with Gasteiger partial charge in [-0.25, -0.2) is 18.1 Å². The van der Waals surface area contributed by atoms with E-state index >= 15 is 0 Å². The molecule has 1 N–H and O–H groups in total. The van der Waals surface area contributed by atoms with Crippen LogP contribution in [0.2, 0.25) is 0 Å². The molecule has 3 aromatic rings. The Balaban J connectivity index is 1.43. The van der Waals surface area contributed by atoms with Crippen molar-refractivity contribution in [2.75, 3.05) is 20.3 Å². The number of sulfonamides is 1. The van der Waals surface area contributed by atoms with Crippen LogP contribution in [0.15, 0.2) is 64.9 Å². The van der Waals surface area contributed by atoms with Crippen LogP contribution in [-0.4, -0.2) is 39.6 Å². The number of rotatable bonds is 6. The van der Waals surface area contributed by atoms with Gasteiger partial charge in [-0.3, -0.25) is 4.79 Å². The zero-order chi connectivity index (χ0) is 27.8. The molecule has 1 atom stereocenters. The van der Waals surface area contributed by atoms with Crippen LogP contribution < -0.4 is 9.46 Å². The SMILES string of the molecule is C=C1Cc2cccc(-c3csc(C)n3)c2C=CC1C(=O)NS(=O)(=O)c1cc(C2(C)CCOCC2)ccc1OC. The van der Waals surface area contributed by atoms with Gasteiger partial charge >= 0.3 is 0 Å². The molecule has 2 aliphatic rings. The van der Waals surface area contributed by atoms with Gasteiger partial charge in [-0.05, 0) is 60.4 Å². The Morgan fingerprint density at radius 3 is 2.69 bits per heavy atom. The fourth-order valence-corrected chi connectivity index (χ4v) is 7.07. The van der Waals surface area contributed by atoms with Crippen molar-refractivity contribution < 1.29 is 22.7 Å². The first-order valence-electron chi connectivity index (χ1n) is 12.8. The fourth-order valence-electron chi connectivity index (χ4n) is 5.25. The van der Waals surface area contributed by atoms with E-state index in [4.69, 9.17) is 9.47 Å². The molecule has 9 heteroatoms. The predicted molar refractivity (Wildman–Crippen MR) is 153 cm³/mol. The number of benzene rings is 2. The molecule has 1 amide bonds. The van der Waals surface area contributed by atoms with Crippen LogP contribution in [-0.2, 0) is 31.4 Å². The summed E-state index contributed by atoms with van der Waals surface area (Å²) in [6.07, 6.45) is 5.60. The number of ether oxygens (including phenoxy) is 2. The quantitative estimate of drug-likeness (QED) is 0.401. The van der Waals surface area contributed by atoms with Crippen LogP contribution in [0.4, 0.5) is 0 Å². The van der Waals surface area contributed by atoms with Gasteiger partial charge in [0.25, 0.3) is 10.0 Å². The first kappa shape index (κ1) is 27.3. The molecule has 0 saturated carbocycles. The van der Waals surface area contributed by atoms with Gasteiger partial charge in [0.15, 0.2) is 0 Å². The lowest BCUT2D eigenvalue weighted by Crippen LogP contribution is -2.36. The van der Waals surface area contributed by atoms with Crippen LogP contribution in [0.3, 0.4) is 0 Å². The topological polar surface area (TPSA) is 94.6 Å². The van der Waals surface area contributed by atoms with E-state index in [0.717, 1.165) is 45.8 Å². The summed E-state index contributed by atoms with van der Waals surface area (Å²) in [5.41, 5.74) is 5.07. The second-order valence-electron chi connectivity index (χ2n) is 10.3. The van der Waals surface area contributed by atoms with Crippen molar-refractivity contribution in [1.82, 2.24) is 9.71 Å². The lowest BCUT2D eigenvalue weighted by atomic mass is 9.76. The summed E-state index contributed by atoms with van der Waals surface area (Å²) in [7, 11) is -2.81. The van der Waals surface area contributed by atoms with E-state index in [9.17, 15) is 13.2 Å². The number of hydrogen-bond acceptors (Lipinski definition) is 7. The molecule has 1 unspecified atom stereocenters. The zero-order valence-corrected chi connectivity index (χ0v) is 24.0. The number of hydrogen-bond donors (Lipinski definition) is 1. The number of nitrogens with one attached hydrogen (secondary N) is 1. The molecule has 0 bridgehead atoms. The highest BCUT2D eigenvalue weighted by Crippen LogP contribution is 2.38. The smallest absolute Gasteiger partial charge is 0.267 e. The molecule has 2 aromatic carbocycles. The van der Waals surface area contributed by atoms with Crippen LogP contribution >= 0.6 is 11.3 Å². The first-order valence-corrected chi connectivity index (χ1v) is 15.2. The van der Waals surface area contributed by atoms with E-state index in [2.05, 4.69) is 23.2 Å². The highest BCUT2D eigenvalue weighted by Gasteiger charge is 2.33. The number of methoxy groups -OCH3 is 1. The number of aryl methyl sites for hydroxylation is 1. The molecule has 1 aliphatic heterocycles. The Kier molecular flexibility index (Phi) is 7.50. The van der Waals surface area contributed by atoms with Crippen molar-refractivity contribution in [1.29, 1.82) is 0 Å². The van der Waals surface area contributed by atoms with Crippen LogP contribution in [0.1, 0.15) is 41.5 Å². The predicted octanol–water partition coefficient (Wildman–Crippen LogP) is 5.44. The van der Waals surface area contributed by atoms with Crippen LogP contribution in [0.25, 0.3) is 17.3 Å². The average Bonchev–Trinajstić information content (AvgIpc) is 3.26. The van der Waals surface area contributed by atoms with Crippen LogP contribution in [0.5, 0.6) is 5.75 Å². The van der Waals surface area contributed by atoms with E-state index in [1.165, 1.54) is 7.11 Å². The van der Waals surface area contributed by atoms with Gasteiger partial charge in [-0.1, -0.05) is 55.5 Å². The highest BCUT2D eigenvalue weighted by molar-refractivity contribution is 7.90. The second-order valence-corrected chi connectivity index (χ2v) is 13.0. The summed E-state index contributed by atoms with van der Waals surface area (Å²) in [5, 5.41) is 2.98. The summed E-state index contributed by atoms with van der Waals surface area (Å²) in [6, 6.07) is 11.1. The maximum absolute atomic E-state index is 13.6. The molecule has 204 valence electrons. The minimum Gasteiger partial charge on any atom is -0.495 e.